The molecule has 0 atom stereocenters. The molecule has 20 heavy (non-hydrogen) atoms. The van der Waals surface area contributed by atoms with Gasteiger partial charge < -0.3 is 10.3 Å². The summed E-state index contributed by atoms with van der Waals surface area (Å²) in [5.41, 5.74) is 5.95. The molecule has 0 aliphatic heterocycles. The molecule has 0 saturated carbocycles. The van der Waals surface area contributed by atoms with E-state index in [4.69, 9.17) is 5.73 Å². The van der Waals surface area contributed by atoms with Gasteiger partial charge in [0.15, 0.2) is 11.2 Å². The van der Waals surface area contributed by atoms with Crippen LogP contribution in [-0.4, -0.2) is 25.2 Å². The van der Waals surface area contributed by atoms with Gasteiger partial charge in [-0.15, -0.1) is 0 Å². The lowest BCUT2D eigenvalue weighted by atomic mass is 10.4. The molecule has 0 amide bonds. The van der Waals surface area contributed by atoms with Crippen LogP contribution in [0.1, 0.15) is 26.1 Å². The molecule has 0 radical (unpaired) electrons. The van der Waals surface area contributed by atoms with Crippen molar-refractivity contribution in [3.05, 3.63) is 26.7 Å². The molecular formula is C13H21N5O2. The molecular weight excluding hydrogens is 258 g/mol. The van der Waals surface area contributed by atoms with Crippen molar-refractivity contribution in [2.45, 2.75) is 39.8 Å². The molecule has 110 valence electrons. The van der Waals surface area contributed by atoms with Crippen LogP contribution in [0.5, 0.6) is 0 Å². The molecule has 2 rings (SSSR count). The Labute approximate surface area is 116 Å². The van der Waals surface area contributed by atoms with Crippen LogP contribution >= 0.6 is 0 Å². The number of fused-ring (bicyclic) bond motifs is 1. The highest BCUT2D eigenvalue weighted by atomic mass is 16.2. The van der Waals surface area contributed by atoms with E-state index in [-0.39, 0.29) is 11.2 Å². The van der Waals surface area contributed by atoms with E-state index in [1.165, 1.54) is 7.05 Å². The van der Waals surface area contributed by atoms with Gasteiger partial charge in [-0.05, 0) is 19.9 Å². The van der Waals surface area contributed by atoms with Gasteiger partial charge in [0.1, 0.15) is 5.82 Å². The summed E-state index contributed by atoms with van der Waals surface area (Å²) >= 11 is 0. The van der Waals surface area contributed by atoms with Crippen LogP contribution in [-0.2, 0) is 26.6 Å². The second-order valence-corrected chi connectivity index (χ2v) is 4.78. The van der Waals surface area contributed by atoms with Crippen LogP contribution in [0.3, 0.4) is 0 Å². The fourth-order valence-corrected chi connectivity index (χ4v) is 2.49. The van der Waals surface area contributed by atoms with Crippen molar-refractivity contribution in [1.29, 1.82) is 0 Å². The van der Waals surface area contributed by atoms with Crippen LogP contribution < -0.4 is 17.0 Å². The molecule has 7 nitrogen and oxygen atoms in total. The normalized spacial score (nSPS) is 11.4. The van der Waals surface area contributed by atoms with E-state index in [9.17, 15) is 9.59 Å². The fraction of sp³-hybridized carbons (Fsp3) is 0.615. The Morgan fingerprint density at radius 2 is 1.90 bits per heavy atom. The quantitative estimate of drug-likeness (QED) is 0.823. The molecule has 7 heteroatoms. The van der Waals surface area contributed by atoms with Gasteiger partial charge >= 0.3 is 5.69 Å². The number of nitrogens with two attached hydrogens (primary N) is 1. The molecule has 0 bridgehead atoms. The summed E-state index contributed by atoms with van der Waals surface area (Å²) in [6.07, 6.45) is 1.39. The Balaban J connectivity index is 2.93. The number of aryl methyl sites for hydroxylation is 2. The maximum atomic E-state index is 12.4. The Kier molecular flexibility index (Phi) is 4.08. The zero-order chi connectivity index (χ0) is 14.9. The van der Waals surface area contributed by atoms with E-state index < -0.39 is 0 Å². The first-order valence-corrected chi connectivity index (χ1v) is 6.95. The molecule has 0 spiro atoms. The molecule has 0 aliphatic carbocycles. The average Bonchev–Trinajstić information content (AvgIpc) is 2.80. The summed E-state index contributed by atoms with van der Waals surface area (Å²) in [5, 5.41) is 0. The summed E-state index contributed by atoms with van der Waals surface area (Å²) in [5.74, 6) is 0.762. The number of imidazole rings is 1. The molecule has 2 N–H and O–H groups in total. The second-order valence-electron chi connectivity index (χ2n) is 4.78. The van der Waals surface area contributed by atoms with E-state index in [0.717, 1.165) is 16.8 Å². The predicted octanol–water partition coefficient (Wildman–Crippen LogP) is -0.172. The lowest BCUT2D eigenvalue weighted by Crippen LogP contribution is -2.38. The highest BCUT2D eigenvalue weighted by Crippen LogP contribution is 2.12. The van der Waals surface area contributed by atoms with Gasteiger partial charge in [0.05, 0.1) is 0 Å². The zero-order valence-corrected chi connectivity index (χ0v) is 12.2. The summed E-state index contributed by atoms with van der Waals surface area (Å²) in [7, 11) is 1.51. The number of rotatable bonds is 5. The molecule has 0 unspecified atom stereocenters. The molecule has 0 saturated heterocycles. The standard InChI is InChI=1S/C13H21N5O2/c1-4-8-18-11-10(12(19)16(3)13(18)20)17(5-2)9(15-11)6-7-14/h4-8,14H2,1-3H3. The van der Waals surface area contributed by atoms with Crippen molar-refractivity contribution < 1.29 is 0 Å². The number of hydrogen-bond donors (Lipinski definition) is 1. The minimum absolute atomic E-state index is 0.296. The Bertz CT molecular complexity index is 738. The Morgan fingerprint density at radius 1 is 1.20 bits per heavy atom. The summed E-state index contributed by atoms with van der Waals surface area (Å²) in [4.78, 5) is 29.1. The minimum atomic E-state index is -0.315. The van der Waals surface area contributed by atoms with Gasteiger partial charge in [0, 0.05) is 26.6 Å². The highest BCUT2D eigenvalue weighted by Gasteiger charge is 2.18. The predicted molar refractivity (Wildman–Crippen MR) is 78.0 cm³/mol. The van der Waals surface area contributed by atoms with Crippen LogP contribution in [0.25, 0.3) is 11.2 Å². The average molecular weight is 279 g/mol. The van der Waals surface area contributed by atoms with E-state index in [1.807, 2.05) is 18.4 Å². The van der Waals surface area contributed by atoms with Gasteiger partial charge in [-0.3, -0.25) is 13.9 Å². The Morgan fingerprint density at radius 3 is 2.45 bits per heavy atom. The van der Waals surface area contributed by atoms with Crippen molar-refractivity contribution in [3.63, 3.8) is 0 Å². The van der Waals surface area contributed by atoms with Crippen molar-refractivity contribution in [2.75, 3.05) is 6.54 Å². The maximum absolute atomic E-state index is 12.4. The highest BCUT2D eigenvalue weighted by molar-refractivity contribution is 5.71. The van der Waals surface area contributed by atoms with E-state index >= 15 is 0 Å². The van der Waals surface area contributed by atoms with Crippen molar-refractivity contribution >= 4 is 11.2 Å². The molecule has 0 aliphatic rings. The lowest BCUT2D eigenvalue weighted by molar-refractivity contribution is 0.609. The van der Waals surface area contributed by atoms with Gasteiger partial charge in [-0.2, -0.15) is 0 Å². The third kappa shape index (κ3) is 2.07. The van der Waals surface area contributed by atoms with Crippen LogP contribution in [0.4, 0.5) is 0 Å². The van der Waals surface area contributed by atoms with E-state index in [1.54, 1.807) is 4.57 Å². The monoisotopic (exact) mass is 279 g/mol. The third-order valence-corrected chi connectivity index (χ3v) is 3.44. The second kappa shape index (κ2) is 5.62. The third-order valence-electron chi connectivity index (χ3n) is 3.44. The van der Waals surface area contributed by atoms with E-state index in [0.29, 0.717) is 37.2 Å². The molecule has 0 fully saturated rings. The van der Waals surface area contributed by atoms with Gasteiger partial charge in [-0.1, -0.05) is 6.92 Å². The van der Waals surface area contributed by atoms with Gasteiger partial charge in [0.25, 0.3) is 5.56 Å². The van der Waals surface area contributed by atoms with Crippen LogP contribution in [0.2, 0.25) is 0 Å². The first kappa shape index (κ1) is 14.5. The van der Waals surface area contributed by atoms with Crippen molar-refractivity contribution in [2.24, 2.45) is 12.8 Å². The summed E-state index contributed by atoms with van der Waals surface area (Å²) < 4.78 is 4.58. The Hall–Kier alpha value is -1.89. The number of aromatic nitrogens is 4. The fourth-order valence-electron chi connectivity index (χ4n) is 2.49. The van der Waals surface area contributed by atoms with Crippen molar-refractivity contribution in [1.82, 2.24) is 18.7 Å². The molecule has 2 heterocycles. The van der Waals surface area contributed by atoms with Gasteiger partial charge in [-0.25, -0.2) is 9.78 Å². The summed E-state index contributed by atoms with van der Waals surface area (Å²) in [6, 6.07) is 0. The van der Waals surface area contributed by atoms with Crippen LogP contribution in [0, 0.1) is 0 Å². The first-order valence-electron chi connectivity index (χ1n) is 6.95. The van der Waals surface area contributed by atoms with Crippen molar-refractivity contribution in [3.8, 4) is 0 Å². The molecule has 2 aromatic heterocycles. The first-order chi connectivity index (χ1) is 9.56. The number of hydrogen-bond acceptors (Lipinski definition) is 4. The molecule has 2 aromatic rings. The maximum Gasteiger partial charge on any atom is 0.332 e. The van der Waals surface area contributed by atoms with E-state index in [2.05, 4.69) is 4.98 Å². The zero-order valence-electron chi connectivity index (χ0n) is 12.2. The smallest absolute Gasteiger partial charge is 0.330 e. The summed E-state index contributed by atoms with van der Waals surface area (Å²) in [6.45, 7) is 5.58. The molecule has 0 aromatic carbocycles. The topological polar surface area (TPSA) is 87.8 Å². The van der Waals surface area contributed by atoms with Gasteiger partial charge in [0.2, 0.25) is 0 Å². The largest absolute Gasteiger partial charge is 0.332 e. The van der Waals surface area contributed by atoms with Crippen LogP contribution in [0.15, 0.2) is 9.59 Å². The lowest BCUT2D eigenvalue weighted by Gasteiger charge is -2.08. The minimum Gasteiger partial charge on any atom is -0.330 e. The SMILES string of the molecule is CCCn1c(=O)n(C)c(=O)c2c1nc(CCN)n2CC. The number of nitrogens with zero attached hydrogens (tertiary/aromatic N) is 4.